The Morgan fingerprint density at radius 2 is 1.81 bits per heavy atom. The molecule has 26 heavy (non-hydrogen) atoms. The van der Waals surface area contributed by atoms with Gasteiger partial charge in [0.25, 0.3) is 0 Å². The van der Waals surface area contributed by atoms with Crippen molar-refractivity contribution < 1.29 is 9.47 Å². The van der Waals surface area contributed by atoms with E-state index in [2.05, 4.69) is 5.32 Å². The van der Waals surface area contributed by atoms with E-state index in [1.165, 1.54) is 0 Å². The first-order valence-electron chi connectivity index (χ1n) is 8.67. The van der Waals surface area contributed by atoms with Gasteiger partial charge in [0.15, 0.2) is 11.5 Å². The van der Waals surface area contributed by atoms with Gasteiger partial charge in [-0.3, -0.25) is 0 Å². The number of halogens is 3. The lowest BCUT2D eigenvalue weighted by Crippen LogP contribution is -2.17. The zero-order valence-electron chi connectivity index (χ0n) is 15.2. The van der Waals surface area contributed by atoms with Crippen LogP contribution in [0.5, 0.6) is 11.5 Å². The normalized spacial score (nSPS) is 11.0. The standard InChI is InChI=1S/C20H24Cl3NO2/c1-4-25-19-10-14(9-18(23)20(19)26-13(2)3)12-24-8-7-15-5-6-16(21)11-17(15)22/h5-6,9-11,13,24H,4,7-8,12H2,1-3H3. The highest BCUT2D eigenvalue weighted by molar-refractivity contribution is 6.35. The van der Waals surface area contributed by atoms with E-state index in [9.17, 15) is 0 Å². The lowest BCUT2D eigenvalue weighted by atomic mass is 10.1. The summed E-state index contributed by atoms with van der Waals surface area (Å²) in [6.07, 6.45) is 0.844. The number of hydrogen-bond acceptors (Lipinski definition) is 3. The lowest BCUT2D eigenvalue weighted by Gasteiger charge is -2.17. The largest absolute Gasteiger partial charge is 0.490 e. The molecule has 0 aliphatic heterocycles. The Bertz CT molecular complexity index is 735. The van der Waals surface area contributed by atoms with Crippen molar-refractivity contribution in [3.63, 3.8) is 0 Å². The molecular weight excluding hydrogens is 393 g/mol. The van der Waals surface area contributed by atoms with Gasteiger partial charge >= 0.3 is 0 Å². The number of ether oxygens (including phenoxy) is 2. The van der Waals surface area contributed by atoms with E-state index >= 15 is 0 Å². The first-order valence-corrected chi connectivity index (χ1v) is 9.80. The summed E-state index contributed by atoms with van der Waals surface area (Å²) in [5.74, 6) is 1.27. The van der Waals surface area contributed by atoms with Gasteiger partial charge in [-0.25, -0.2) is 0 Å². The molecule has 0 spiro atoms. The molecule has 2 aromatic carbocycles. The quantitative estimate of drug-likeness (QED) is 0.496. The van der Waals surface area contributed by atoms with Crippen LogP contribution in [0.2, 0.25) is 15.1 Å². The molecule has 1 N–H and O–H groups in total. The molecule has 0 radical (unpaired) electrons. The minimum Gasteiger partial charge on any atom is -0.490 e. The molecule has 0 atom stereocenters. The first kappa shape index (κ1) is 21.2. The second-order valence-corrected chi connectivity index (χ2v) is 7.42. The highest BCUT2D eigenvalue weighted by Crippen LogP contribution is 2.37. The second kappa shape index (κ2) is 10.3. The minimum absolute atomic E-state index is 0.0276. The third-order valence-corrected chi connectivity index (χ3v) is 4.51. The average molecular weight is 417 g/mol. The van der Waals surface area contributed by atoms with Crippen LogP contribution in [0.25, 0.3) is 0 Å². The molecule has 0 unspecified atom stereocenters. The fourth-order valence-corrected chi connectivity index (χ4v) is 3.30. The van der Waals surface area contributed by atoms with Crippen LogP contribution in [-0.4, -0.2) is 19.3 Å². The zero-order valence-corrected chi connectivity index (χ0v) is 17.5. The van der Waals surface area contributed by atoms with Crippen molar-refractivity contribution in [2.45, 2.75) is 39.8 Å². The van der Waals surface area contributed by atoms with E-state index in [1.54, 1.807) is 6.07 Å². The van der Waals surface area contributed by atoms with Gasteiger partial charge in [0.05, 0.1) is 17.7 Å². The number of benzene rings is 2. The Hall–Kier alpha value is -1.13. The second-order valence-electron chi connectivity index (χ2n) is 6.17. The average Bonchev–Trinajstić information content (AvgIpc) is 2.56. The molecule has 0 heterocycles. The summed E-state index contributed by atoms with van der Waals surface area (Å²) in [6.45, 7) is 7.87. The van der Waals surface area contributed by atoms with Crippen LogP contribution in [-0.2, 0) is 13.0 Å². The van der Waals surface area contributed by atoms with Crippen LogP contribution in [0.15, 0.2) is 30.3 Å². The number of rotatable bonds is 9. The van der Waals surface area contributed by atoms with E-state index in [0.717, 1.165) is 24.1 Å². The van der Waals surface area contributed by atoms with Crippen molar-refractivity contribution in [2.75, 3.05) is 13.2 Å². The van der Waals surface area contributed by atoms with Crippen LogP contribution < -0.4 is 14.8 Å². The Morgan fingerprint density at radius 1 is 1.04 bits per heavy atom. The summed E-state index contributed by atoms with van der Waals surface area (Å²) >= 11 is 18.5. The highest BCUT2D eigenvalue weighted by Gasteiger charge is 2.14. The molecule has 0 aromatic heterocycles. The lowest BCUT2D eigenvalue weighted by molar-refractivity contribution is 0.224. The molecular formula is C20H24Cl3NO2. The van der Waals surface area contributed by atoms with Gasteiger partial charge in [0, 0.05) is 16.6 Å². The molecule has 6 heteroatoms. The maximum Gasteiger partial charge on any atom is 0.180 e. The van der Waals surface area contributed by atoms with Crippen molar-refractivity contribution >= 4 is 34.8 Å². The molecule has 0 amide bonds. The Balaban J connectivity index is 1.98. The molecule has 0 fully saturated rings. The predicted molar refractivity (Wildman–Crippen MR) is 110 cm³/mol. The Morgan fingerprint density at radius 3 is 2.46 bits per heavy atom. The van der Waals surface area contributed by atoms with Crippen LogP contribution in [0, 0.1) is 0 Å². The molecule has 2 aromatic rings. The van der Waals surface area contributed by atoms with Gasteiger partial charge in [0.2, 0.25) is 0 Å². The fourth-order valence-electron chi connectivity index (χ4n) is 2.52. The fraction of sp³-hybridized carbons (Fsp3) is 0.400. The third kappa shape index (κ3) is 6.24. The summed E-state index contributed by atoms with van der Waals surface area (Å²) in [6, 6.07) is 9.44. The first-order chi connectivity index (χ1) is 12.4. The number of nitrogens with one attached hydrogen (secondary N) is 1. The van der Waals surface area contributed by atoms with Gasteiger partial charge in [-0.15, -0.1) is 0 Å². The van der Waals surface area contributed by atoms with Crippen molar-refractivity contribution in [3.8, 4) is 11.5 Å². The zero-order chi connectivity index (χ0) is 19.1. The third-order valence-electron chi connectivity index (χ3n) is 3.64. The van der Waals surface area contributed by atoms with Gasteiger partial charge in [-0.05, 0) is 69.1 Å². The van der Waals surface area contributed by atoms with Gasteiger partial charge in [-0.2, -0.15) is 0 Å². The van der Waals surface area contributed by atoms with Crippen LogP contribution >= 0.6 is 34.8 Å². The molecule has 0 saturated heterocycles. The summed E-state index contributed by atoms with van der Waals surface area (Å²) in [5.41, 5.74) is 2.11. The van der Waals surface area contributed by atoms with E-state index in [1.807, 2.05) is 45.0 Å². The van der Waals surface area contributed by atoms with Gasteiger partial charge in [0.1, 0.15) is 0 Å². The van der Waals surface area contributed by atoms with Crippen LogP contribution in [0.4, 0.5) is 0 Å². The molecule has 0 aliphatic rings. The van der Waals surface area contributed by atoms with E-state index in [-0.39, 0.29) is 6.10 Å². The molecule has 2 rings (SSSR count). The van der Waals surface area contributed by atoms with Crippen molar-refractivity contribution in [1.82, 2.24) is 5.32 Å². The summed E-state index contributed by atoms with van der Waals surface area (Å²) in [4.78, 5) is 0. The summed E-state index contributed by atoms with van der Waals surface area (Å²) < 4.78 is 11.5. The summed E-state index contributed by atoms with van der Waals surface area (Å²) in [5, 5.41) is 5.30. The molecule has 0 saturated carbocycles. The summed E-state index contributed by atoms with van der Waals surface area (Å²) in [7, 11) is 0. The maximum atomic E-state index is 6.40. The van der Waals surface area contributed by atoms with E-state index in [0.29, 0.717) is 39.7 Å². The maximum absolute atomic E-state index is 6.40. The monoisotopic (exact) mass is 415 g/mol. The minimum atomic E-state index is 0.0276. The smallest absolute Gasteiger partial charge is 0.180 e. The van der Waals surface area contributed by atoms with E-state index < -0.39 is 0 Å². The van der Waals surface area contributed by atoms with Gasteiger partial charge < -0.3 is 14.8 Å². The van der Waals surface area contributed by atoms with Gasteiger partial charge in [-0.1, -0.05) is 40.9 Å². The topological polar surface area (TPSA) is 30.5 Å². The van der Waals surface area contributed by atoms with Crippen LogP contribution in [0.1, 0.15) is 31.9 Å². The Labute approximate surface area is 170 Å². The van der Waals surface area contributed by atoms with Crippen molar-refractivity contribution in [1.29, 1.82) is 0 Å². The van der Waals surface area contributed by atoms with Crippen molar-refractivity contribution in [2.24, 2.45) is 0 Å². The predicted octanol–water partition coefficient (Wildman–Crippen LogP) is 6.17. The highest BCUT2D eigenvalue weighted by atomic mass is 35.5. The number of hydrogen-bond donors (Lipinski definition) is 1. The SMILES string of the molecule is CCOc1cc(CNCCc2ccc(Cl)cc2Cl)cc(Cl)c1OC(C)C. The Kier molecular flexibility index (Phi) is 8.36. The molecule has 142 valence electrons. The van der Waals surface area contributed by atoms with E-state index in [4.69, 9.17) is 44.3 Å². The van der Waals surface area contributed by atoms with Crippen LogP contribution in [0.3, 0.4) is 0 Å². The van der Waals surface area contributed by atoms with Crippen molar-refractivity contribution in [3.05, 3.63) is 56.5 Å². The molecule has 3 nitrogen and oxygen atoms in total. The molecule has 0 bridgehead atoms. The molecule has 0 aliphatic carbocycles.